The molecule has 0 bridgehead atoms. The van der Waals surface area contributed by atoms with E-state index in [4.69, 9.17) is 0 Å². The molecule has 96 valence electrons. The van der Waals surface area contributed by atoms with Gasteiger partial charge in [0.2, 0.25) is 0 Å². The zero-order valence-corrected chi connectivity index (χ0v) is 11.4. The predicted octanol–water partition coefficient (Wildman–Crippen LogP) is 2.22. The van der Waals surface area contributed by atoms with E-state index in [1.54, 1.807) is 29.0 Å². The Balaban J connectivity index is 2.18. The lowest BCUT2D eigenvalue weighted by Gasteiger charge is -2.15. The molecule has 1 aromatic rings. The number of hydrogen-bond donors (Lipinski definition) is 0. The van der Waals surface area contributed by atoms with E-state index in [0.717, 1.165) is 5.56 Å². The predicted molar refractivity (Wildman–Crippen MR) is 69.2 cm³/mol. The van der Waals surface area contributed by atoms with Crippen molar-refractivity contribution in [3.05, 3.63) is 38.3 Å². The number of amides is 2. The summed E-state index contributed by atoms with van der Waals surface area (Å²) >= 11 is 3.13. The van der Waals surface area contributed by atoms with Gasteiger partial charge in [0, 0.05) is 32.7 Å². The second-order valence-corrected chi connectivity index (χ2v) is 5.02. The Bertz CT molecular complexity index is 506. The fourth-order valence-electron chi connectivity index (χ4n) is 1.87. The van der Waals surface area contributed by atoms with E-state index >= 15 is 0 Å². The molecule has 0 unspecified atom stereocenters. The molecular weight excluding hydrogens is 302 g/mol. The van der Waals surface area contributed by atoms with Gasteiger partial charge in [0.15, 0.2) is 0 Å². The van der Waals surface area contributed by atoms with Gasteiger partial charge in [-0.1, -0.05) is 6.07 Å². The highest BCUT2D eigenvalue weighted by atomic mass is 79.9. The third-order valence-electron chi connectivity index (χ3n) is 2.88. The number of hydrogen-bond acceptors (Lipinski definition) is 3. The van der Waals surface area contributed by atoms with Gasteiger partial charge in [-0.05, 0) is 27.6 Å². The maximum Gasteiger partial charge on any atom is 0.320 e. The third kappa shape index (κ3) is 2.45. The van der Waals surface area contributed by atoms with Crippen LogP contribution in [0.1, 0.15) is 5.56 Å². The van der Waals surface area contributed by atoms with E-state index in [-0.39, 0.29) is 11.7 Å². The second-order valence-electron chi connectivity index (χ2n) is 4.17. The first kappa shape index (κ1) is 12.8. The van der Waals surface area contributed by atoms with Gasteiger partial charge in [0.05, 0.1) is 9.40 Å². The lowest BCUT2D eigenvalue weighted by atomic mass is 10.2. The summed E-state index contributed by atoms with van der Waals surface area (Å²) in [5, 5.41) is 10.8. The number of carbonyl (C=O) groups excluding carboxylic acids is 1. The summed E-state index contributed by atoms with van der Waals surface area (Å²) in [6, 6.07) is 4.87. The van der Waals surface area contributed by atoms with E-state index in [1.165, 1.54) is 6.07 Å². The number of benzene rings is 1. The van der Waals surface area contributed by atoms with Crippen LogP contribution in [0.5, 0.6) is 0 Å². The number of nitro groups is 1. The third-order valence-corrected chi connectivity index (χ3v) is 3.55. The Labute approximate surface area is 112 Å². The van der Waals surface area contributed by atoms with Crippen molar-refractivity contribution < 1.29 is 9.72 Å². The molecule has 0 N–H and O–H groups in total. The highest BCUT2D eigenvalue weighted by Crippen LogP contribution is 2.26. The minimum Gasteiger partial charge on any atom is -0.326 e. The zero-order valence-electron chi connectivity index (χ0n) is 9.80. The van der Waals surface area contributed by atoms with Gasteiger partial charge in [-0.15, -0.1) is 0 Å². The highest BCUT2D eigenvalue weighted by molar-refractivity contribution is 9.10. The van der Waals surface area contributed by atoms with Crippen molar-refractivity contribution >= 4 is 27.6 Å². The molecule has 0 saturated carbocycles. The molecule has 7 heteroatoms. The van der Waals surface area contributed by atoms with E-state index in [9.17, 15) is 14.9 Å². The molecule has 1 aliphatic rings. The standard InChI is InChI=1S/C11H12BrN3O3/c1-13-4-5-14(11(13)16)7-8-2-3-9(12)10(6-8)15(17)18/h2-3,6H,4-5,7H2,1H3. The van der Waals surface area contributed by atoms with Crippen molar-refractivity contribution in [3.8, 4) is 0 Å². The van der Waals surface area contributed by atoms with E-state index in [0.29, 0.717) is 24.1 Å². The quantitative estimate of drug-likeness (QED) is 0.635. The van der Waals surface area contributed by atoms with Crippen LogP contribution < -0.4 is 0 Å². The molecule has 1 saturated heterocycles. The van der Waals surface area contributed by atoms with Gasteiger partial charge in [-0.2, -0.15) is 0 Å². The molecule has 0 spiro atoms. The minimum atomic E-state index is -0.439. The van der Waals surface area contributed by atoms with Crippen LogP contribution in [0, 0.1) is 10.1 Å². The molecule has 1 heterocycles. The van der Waals surface area contributed by atoms with E-state index in [2.05, 4.69) is 15.9 Å². The minimum absolute atomic E-state index is 0.0208. The average molecular weight is 314 g/mol. The summed E-state index contributed by atoms with van der Waals surface area (Å²) in [6.07, 6.45) is 0. The first-order valence-corrected chi connectivity index (χ1v) is 6.21. The molecule has 0 radical (unpaired) electrons. The van der Waals surface area contributed by atoms with Crippen LogP contribution in [0.4, 0.5) is 10.5 Å². The first-order valence-electron chi connectivity index (χ1n) is 5.42. The molecule has 6 nitrogen and oxygen atoms in total. The molecular formula is C11H12BrN3O3. The van der Waals surface area contributed by atoms with Crippen molar-refractivity contribution in [1.82, 2.24) is 9.80 Å². The summed E-state index contributed by atoms with van der Waals surface area (Å²) in [7, 11) is 1.74. The summed E-state index contributed by atoms with van der Waals surface area (Å²) in [6.45, 7) is 1.74. The van der Waals surface area contributed by atoms with Crippen molar-refractivity contribution in [1.29, 1.82) is 0 Å². The number of urea groups is 1. The first-order chi connectivity index (χ1) is 8.49. The Morgan fingerprint density at radius 1 is 1.44 bits per heavy atom. The van der Waals surface area contributed by atoms with Gasteiger partial charge < -0.3 is 9.80 Å². The number of rotatable bonds is 3. The Hall–Kier alpha value is -1.63. The van der Waals surface area contributed by atoms with Gasteiger partial charge in [-0.3, -0.25) is 10.1 Å². The largest absolute Gasteiger partial charge is 0.326 e. The topological polar surface area (TPSA) is 66.7 Å². The molecule has 1 aliphatic heterocycles. The lowest BCUT2D eigenvalue weighted by molar-refractivity contribution is -0.385. The number of halogens is 1. The Morgan fingerprint density at radius 3 is 2.72 bits per heavy atom. The monoisotopic (exact) mass is 313 g/mol. The fourth-order valence-corrected chi connectivity index (χ4v) is 2.26. The van der Waals surface area contributed by atoms with Crippen molar-refractivity contribution in [3.63, 3.8) is 0 Å². The number of nitrogens with zero attached hydrogens (tertiary/aromatic N) is 3. The van der Waals surface area contributed by atoms with Crippen LogP contribution in [0.25, 0.3) is 0 Å². The van der Waals surface area contributed by atoms with Crippen molar-refractivity contribution in [2.45, 2.75) is 6.54 Å². The molecule has 1 fully saturated rings. The van der Waals surface area contributed by atoms with Crippen molar-refractivity contribution in [2.75, 3.05) is 20.1 Å². The molecule has 0 aromatic heterocycles. The number of nitro benzene ring substituents is 1. The van der Waals surface area contributed by atoms with Crippen LogP contribution in [0.2, 0.25) is 0 Å². The average Bonchev–Trinajstić information content (AvgIpc) is 2.63. The van der Waals surface area contributed by atoms with E-state index < -0.39 is 4.92 Å². The zero-order chi connectivity index (χ0) is 13.3. The fraction of sp³-hybridized carbons (Fsp3) is 0.364. The summed E-state index contributed by atoms with van der Waals surface area (Å²) < 4.78 is 0.445. The van der Waals surface area contributed by atoms with Crippen LogP contribution in [0.3, 0.4) is 0 Å². The second kappa shape index (κ2) is 4.93. The van der Waals surface area contributed by atoms with Crippen LogP contribution in [-0.2, 0) is 6.54 Å². The van der Waals surface area contributed by atoms with Crippen molar-refractivity contribution in [2.24, 2.45) is 0 Å². The maximum atomic E-state index is 11.7. The SMILES string of the molecule is CN1CCN(Cc2ccc(Br)c([N+](=O)[O-])c2)C1=O. The molecule has 0 aliphatic carbocycles. The molecule has 2 amide bonds. The summed E-state index contributed by atoms with van der Waals surface area (Å²) in [5.41, 5.74) is 0.779. The van der Waals surface area contributed by atoms with Gasteiger partial charge in [-0.25, -0.2) is 4.79 Å². The van der Waals surface area contributed by atoms with Crippen LogP contribution in [0.15, 0.2) is 22.7 Å². The summed E-state index contributed by atoms with van der Waals surface area (Å²) in [5.74, 6) is 0. The van der Waals surface area contributed by atoms with Gasteiger partial charge in [0.1, 0.15) is 0 Å². The molecule has 1 aromatic carbocycles. The molecule has 18 heavy (non-hydrogen) atoms. The van der Waals surface area contributed by atoms with Gasteiger partial charge >= 0.3 is 6.03 Å². The number of likely N-dealkylation sites (N-methyl/N-ethyl adjacent to an activating group) is 1. The van der Waals surface area contributed by atoms with Crippen LogP contribution >= 0.6 is 15.9 Å². The van der Waals surface area contributed by atoms with Gasteiger partial charge in [0.25, 0.3) is 5.69 Å². The maximum absolute atomic E-state index is 11.7. The molecule has 0 atom stereocenters. The van der Waals surface area contributed by atoms with Crippen LogP contribution in [-0.4, -0.2) is 40.9 Å². The smallest absolute Gasteiger partial charge is 0.320 e. The van der Waals surface area contributed by atoms with E-state index in [1.807, 2.05) is 0 Å². The Morgan fingerprint density at radius 2 is 2.17 bits per heavy atom. The normalized spacial score (nSPS) is 15.3. The summed E-state index contributed by atoms with van der Waals surface area (Å²) in [4.78, 5) is 25.4. The lowest BCUT2D eigenvalue weighted by Crippen LogP contribution is -2.28. The number of carbonyl (C=O) groups is 1. The Kier molecular flexibility index (Phi) is 3.51. The molecule has 2 rings (SSSR count). The highest BCUT2D eigenvalue weighted by Gasteiger charge is 2.25.